The number of allylic oxidation sites excluding steroid dienone is 4. The highest BCUT2D eigenvalue weighted by molar-refractivity contribution is 5.91. The van der Waals surface area contributed by atoms with E-state index in [0.717, 1.165) is 5.70 Å². The van der Waals surface area contributed by atoms with E-state index < -0.39 is 0 Å². The average molecular weight is 175 g/mol. The lowest BCUT2D eigenvalue weighted by atomic mass is 10.3. The Morgan fingerprint density at radius 1 is 1.69 bits per heavy atom. The molecule has 2 heteroatoms. The number of carbonyl (C=O) groups excluding carboxylic acids is 1. The van der Waals surface area contributed by atoms with Crippen molar-refractivity contribution in [2.24, 2.45) is 0 Å². The van der Waals surface area contributed by atoms with Crippen LogP contribution in [0.3, 0.4) is 0 Å². The van der Waals surface area contributed by atoms with Crippen LogP contribution in [0.4, 0.5) is 0 Å². The number of hydrogen-bond donors (Lipinski definition) is 0. The topological polar surface area (TPSA) is 20.3 Å². The highest BCUT2D eigenvalue weighted by Gasteiger charge is 2.15. The number of hydrogen-bond acceptors (Lipinski definition) is 1. The van der Waals surface area contributed by atoms with Crippen LogP contribution in [0.5, 0.6) is 0 Å². The fraction of sp³-hybridized carbons (Fsp3) is 0.182. The van der Waals surface area contributed by atoms with Crippen LogP contribution in [-0.2, 0) is 4.79 Å². The van der Waals surface area contributed by atoms with Gasteiger partial charge in [-0.2, -0.15) is 0 Å². The molecular weight excluding hydrogens is 162 g/mol. The molecule has 0 radical (unpaired) electrons. The summed E-state index contributed by atoms with van der Waals surface area (Å²) in [6.45, 7) is 6.16. The third-order valence-electron chi connectivity index (χ3n) is 1.82. The Hall–Kier alpha value is -1.57. The van der Waals surface area contributed by atoms with Crippen LogP contribution in [0.1, 0.15) is 6.92 Å². The molecule has 0 aromatic rings. The fourth-order valence-corrected chi connectivity index (χ4v) is 1.18. The van der Waals surface area contributed by atoms with Gasteiger partial charge in [-0.1, -0.05) is 30.9 Å². The van der Waals surface area contributed by atoms with Gasteiger partial charge in [-0.15, -0.1) is 0 Å². The SMILES string of the molecule is C=C/C=C\C(=C/C)N1CC=CC1=O. The van der Waals surface area contributed by atoms with Crippen molar-refractivity contribution in [1.29, 1.82) is 0 Å². The van der Waals surface area contributed by atoms with Crippen LogP contribution in [0.25, 0.3) is 0 Å². The molecule has 0 aliphatic carbocycles. The van der Waals surface area contributed by atoms with Crippen LogP contribution in [0, 0.1) is 0 Å². The summed E-state index contributed by atoms with van der Waals surface area (Å²) < 4.78 is 0. The number of amides is 1. The summed E-state index contributed by atoms with van der Waals surface area (Å²) in [5, 5.41) is 0. The predicted molar refractivity (Wildman–Crippen MR) is 53.9 cm³/mol. The minimum absolute atomic E-state index is 0.0433. The van der Waals surface area contributed by atoms with Gasteiger partial charge in [-0.05, 0) is 13.0 Å². The van der Waals surface area contributed by atoms with Crippen molar-refractivity contribution in [3.8, 4) is 0 Å². The lowest BCUT2D eigenvalue weighted by Gasteiger charge is -2.16. The van der Waals surface area contributed by atoms with Crippen LogP contribution in [0.2, 0.25) is 0 Å². The first kappa shape index (κ1) is 9.52. The monoisotopic (exact) mass is 175 g/mol. The molecule has 0 saturated carbocycles. The maximum atomic E-state index is 11.3. The van der Waals surface area contributed by atoms with Gasteiger partial charge in [0.2, 0.25) is 0 Å². The normalized spacial score (nSPS) is 17.5. The molecule has 1 amide bonds. The van der Waals surface area contributed by atoms with Crippen molar-refractivity contribution in [3.63, 3.8) is 0 Å². The van der Waals surface area contributed by atoms with Gasteiger partial charge in [-0.3, -0.25) is 4.79 Å². The Balaban J connectivity index is 2.74. The maximum Gasteiger partial charge on any atom is 0.250 e. The maximum absolute atomic E-state index is 11.3. The zero-order chi connectivity index (χ0) is 9.68. The molecule has 2 nitrogen and oxygen atoms in total. The fourth-order valence-electron chi connectivity index (χ4n) is 1.18. The van der Waals surface area contributed by atoms with Gasteiger partial charge >= 0.3 is 0 Å². The van der Waals surface area contributed by atoms with Crippen LogP contribution in [-0.4, -0.2) is 17.4 Å². The predicted octanol–water partition coefficient (Wildman–Crippen LogP) is 2.03. The summed E-state index contributed by atoms with van der Waals surface area (Å²) in [5.74, 6) is 0.0433. The molecule has 0 aromatic carbocycles. The second kappa shape index (κ2) is 4.45. The minimum atomic E-state index is 0.0433. The van der Waals surface area contributed by atoms with Crippen molar-refractivity contribution in [3.05, 3.63) is 48.7 Å². The molecule has 0 aromatic heterocycles. The van der Waals surface area contributed by atoms with E-state index in [4.69, 9.17) is 0 Å². The first-order valence-corrected chi connectivity index (χ1v) is 4.23. The van der Waals surface area contributed by atoms with E-state index in [1.54, 1.807) is 17.1 Å². The highest BCUT2D eigenvalue weighted by Crippen LogP contribution is 2.11. The molecule has 0 spiro atoms. The quantitative estimate of drug-likeness (QED) is 0.601. The first-order chi connectivity index (χ1) is 6.29. The summed E-state index contributed by atoms with van der Waals surface area (Å²) in [6.07, 6.45) is 10.7. The molecule has 1 heterocycles. The van der Waals surface area contributed by atoms with Gasteiger partial charge in [-0.25, -0.2) is 0 Å². The Morgan fingerprint density at radius 3 is 2.92 bits per heavy atom. The largest absolute Gasteiger partial charge is 0.305 e. The molecule has 1 aliphatic heterocycles. The Kier molecular flexibility index (Phi) is 3.26. The Morgan fingerprint density at radius 2 is 2.46 bits per heavy atom. The number of carbonyl (C=O) groups is 1. The second-order valence-electron chi connectivity index (χ2n) is 2.66. The summed E-state index contributed by atoms with van der Waals surface area (Å²) in [6, 6.07) is 0. The molecule has 0 unspecified atom stereocenters. The zero-order valence-corrected chi connectivity index (χ0v) is 7.73. The molecule has 0 atom stereocenters. The van der Waals surface area contributed by atoms with Crippen LogP contribution >= 0.6 is 0 Å². The molecule has 0 N–H and O–H groups in total. The van der Waals surface area contributed by atoms with Crippen LogP contribution in [0.15, 0.2) is 48.7 Å². The van der Waals surface area contributed by atoms with Gasteiger partial charge in [0.15, 0.2) is 0 Å². The lowest BCUT2D eigenvalue weighted by molar-refractivity contribution is -0.122. The third kappa shape index (κ3) is 2.18. The minimum Gasteiger partial charge on any atom is -0.305 e. The Bertz CT molecular complexity index is 297. The molecule has 0 fully saturated rings. The van der Waals surface area contributed by atoms with Crippen molar-refractivity contribution in [1.82, 2.24) is 4.90 Å². The van der Waals surface area contributed by atoms with Crippen LogP contribution < -0.4 is 0 Å². The number of nitrogens with zero attached hydrogens (tertiary/aromatic N) is 1. The molecule has 13 heavy (non-hydrogen) atoms. The second-order valence-corrected chi connectivity index (χ2v) is 2.66. The average Bonchev–Trinajstić information content (AvgIpc) is 2.54. The molecule has 0 bridgehead atoms. The van der Waals surface area contributed by atoms with Gasteiger partial charge in [0, 0.05) is 18.3 Å². The highest BCUT2D eigenvalue weighted by atomic mass is 16.2. The van der Waals surface area contributed by atoms with Gasteiger partial charge < -0.3 is 4.90 Å². The first-order valence-electron chi connectivity index (χ1n) is 4.23. The van der Waals surface area contributed by atoms with Crippen molar-refractivity contribution >= 4 is 5.91 Å². The van der Waals surface area contributed by atoms with E-state index in [1.807, 2.05) is 31.2 Å². The van der Waals surface area contributed by atoms with Gasteiger partial charge in [0.1, 0.15) is 0 Å². The Labute approximate surface area is 78.5 Å². The summed E-state index contributed by atoms with van der Waals surface area (Å²) in [5.41, 5.74) is 0.912. The van der Waals surface area contributed by atoms with E-state index in [1.165, 1.54) is 0 Å². The molecular formula is C11H13NO. The molecule has 1 aliphatic rings. The smallest absolute Gasteiger partial charge is 0.250 e. The molecule has 0 saturated heterocycles. The van der Waals surface area contributed by atoms with Crippen molar-refractivity contribution < 1.29 is 4.79 Å². The summed E-state index contributed by atoms with van der Waals surface area (Å²) in [7, 11) is 0. The molecule has 1 rings (SSSR count). The lowest BCUT2D eigenvalue weighted by Crippen LogP contribution is -2.23. The van der Waals surface area contributed by atoms with E-state index in [9.17, 15) is 4.79 Å². The zero-order valence-electron chi connectivity index (χ0n) is 7.73. The van der Waals surface area contributed by atoms with E-state index >= 15 is 0 Å². The van der Waals surface area contributed by atoms with Crippen molar-refractivity contribution in [2.45, 2.75) is 6.92 Å². The van der Waals surface area contributed by atoms with E-state index in [-0.39, 0.29) is 5.91 Å². The summed E-state index contributed by atoms with van der Waals surface area (Å²) in [4.78, 5) is 13.0. The van der Waals surface area contributed by atoms with Crippen molar-refractivity contribution in [2.75, 3.05) is 6.54 Å². The number of rotatable bonds is 3. The standard InChI is InChI=1S/C11H13NO/c1-3-5-7-10(4-2)12-9-6-8-11(12)13/h3-8H,1,9H2,2H3/b7-5-,10-4+. The summed E-state index contributed by atoms with van der Waals surface area (Å²) >= 11 is 0. The van der Waals surface area contributed by atoms with E-state index in [2.05, 4.69) is 6.58 Å². The third-order valence-corrected chi connectivity index (χ3v) is 1.82. The van der Waals surface area contributed by atoms with Gasteiger partial charge in [0.05, 0.1) is 0 Å². The van der Waals surface area contributed by atoms with E-state index in [0.29, 0.717) is 6.54 Å². The van der Waals surface area contributed by atoms with Gasteiger partial charge in [0.25, 0.3) is 5.91 Å². The molecule has 68 valence electrons.